The number of hydrogen-bond acceptors (Lipinski definition) is 6. The monoisotopic (exact) mass is 435 g/mol. The minimum absolute atomic E-state index is 0.0113. The second kappa shape index (κ2) is 9.59. The van der Waals surface area contributed by atoms with E-state index >= 15 is 0 Å². The third kappa shape index (κ3) is 4.93. The van der Waals surface area contributed by atoms with Gasteiger partial charge in [0.05, 0.1) is 30.3 Å². The van der Waals surface area contributed by atoms with Crippen LogP contribution in [0.1, 0.15) is 38.3 Å². The molecule has 3 aromatic rings. The number of anilines is 1. The van der Waals surface area contributed by atoms with Gasteiger partial charge in [-0.1, -0.05) is 25.1 Å². The van der Waals surface area contributed by atoms with Crippen molar-refractivity contribution in [3.8, 4) is 11.4 Å². The number of nitrogens with zero attached hydrogens (tertiary/aromatic N) is 5. The van der Waals surface area contributed by atoms with Crippen molar-refractivity contribution in [1.82, 2.24) is 19.7 Å². The van der Waals surface area contributed by atoms with Gasteiger partial charge in [-0.25, -0.2) is 9.48 Å². The molecule has 0 spiro atoms. The summed E-state index contributed by atoms with van der Waals surface area (Å²) in [5, 5.41) is 13.8. The van der Waals surface area contributed by atoms with Gasteiger partial charge in [0.15, 0.2) is 5.75 Å². The number of rotatable bonds is 6. The van der Waals surface area contributed by atoms with Gasteiger partial charge < -0.3 is 9.84 Å². The molecule has 9 nitrogen and oxygen atoms in total. The summed E-state index contributed by atoms with van der Waals surface area (Å²) in [6, 6.07) is 9.23. The summed E-state index contributed by atoms with van der Waals surface area (Å²) in [4.78, 5) is 34.8. The van der Waals surface area contributed by atoms with Gasteiger partial charge in [0, 0.05) is 18.3 Å². The Morgan fingerprint density at radius 3 is 2.56 bits per heavy atom. The van der Waals surface area contributed by atoms with Crippen LogP contribution in [-0.4, -0.2) is 36.9 Å². The molecule has 1 N–H and O–H groups in total. The van der Waals surface area contributed by atoms with E-state index in [1.807, 2.05) is 30.3 Å². The summed E-state index contributed by atoms with van der Waals surface area (Å²) in [6.07, 6.45) is 8.21. The zero-order valence-electron chi connectivity index (χ0n) is 17.8. The molecule has 0 aliphatic heterocycles. The van der Waals surface area contributed by atoms with Gasteiger partial charge in [0.2, 0.25) is 11.7 Å². The number of benzene rings is 1. The van der Waals surface area contributed by atoms with E-state index in [2.05, 4.69) is 22.0 Å². The Hall–Kier alpha value is -3.75. The normalized spacial score (nSPS) is 18.2. The zero-order valence-corrected chi connectivity index (χ0v) is 17.8. The fraction of sp³-hybridized carbons (Fsp3) is 0.348. The molecule has 0 unspecified atom stereocenters. The summed E-state index contributed by atoms with van der Waals surface area (Å²) in [6.45, 7) is 2.30. The smallest absolute Gasteiger partial charge is 0.449 e. The largest absolute Gasteiger partial charge is 0.511 e. The van der Waals surface area contributed by atoms with Crippen LogP contribution in [0.15, 0.2) is 55.1 Å². The van der Waals surface area contributed by atoms with E-state index < -0.39 is 6.16 Å². The molecule has 0 bridgehead atoms. The molecule has 4 rings (SSSR count). The lowest BCUT2D eigenvalue weighted by molar-refractivity contribution is -0.123. The maximum atomic E-state index is 13.6. The van der Waals surface area contributed by atoms with Gasteiger partial charge in [-0.2, -0.15) is 0 Å². The van der Waals surface area contributed by atoms with Crippen LogP contribution in [0.25, 0.3) is 5.69 Å². The highest BCUT2D eigenvalue weighted by molar-refractivity contribution is 5.95. The maximum absolute atomic E-state index is 13.6. The van der Waals surface area contributed by atoms with Crippen molar-refractivity contribution in [3.63, 3.8) is 0 Å². The topological polar surface area (TPSA) is 110 Å². The highest BCUT2D eigenvalue weighted by atomic mass is 16.7. The lowest BCUT2D eigenvalue weighted by Gasteiger charge is -2.30. The first kappa shape index (κ1) is 21.5. The van der Waals surface area contributed by atoms with E-state index in [0.717, 1.165) is 25.7 Å². The summed E-state index contributed by atoms with van der Waals surface area (Å²) >= 11 is 0. The molecule has 1 aliphatic rings. The van der Waals surface area contributed by atoms with Crippen LogP contribution >= 0.6 is 0 Å². The summed E-state index contributed by atoms with van der Waals surface area (Å²) in [7, 11) is 0. The predicted octanol–water partition coefficient (Wildman–Crippen LogP) is 4.08. The standard InChI is InChI=1S/C23H25N5O4/c1-16-7-9-17(10-8-16)22(29)27(14-18-13-24-11-12-25-18)21-20(32-23(30)31)15-28(26-21)19-5-3-2-4-6-19/h2-6,11-13,15-17H,7-10,14H2,1H3,(H,30,31)/t16-,17-. The van der Waals surface area contributed by atoms with Crippen molar-refractivity contribution in [3.05, 3.63) is 60.8 Å². The van der Waals surface area contributed by atoms with Crippen molar-refractivity contribution in [2.24, 2.45) is 11.8 Å². The molecule has 9 heteroatoms. The SMILES string of the molecule is C[C@H]1CC[C@H](C(=O)N(Cc2cnccn2)c2nn(-c3ccccc3)cc2OC(=O)O)CC1. The Morgan fingerprint density at radius 1 is 1.16 bits per heavy atom. The van der Waals surface area contributed by atoms with Crippen LogP contribution in [0, 0.1) is 11.8 Å². The van der Waals surface area contributed by atoms with Gasteiger partial charge in [-0.3, -0.25) is 19.7 Å². The minimum atomic E-state index is -1.47. The maximum Gasteiger partial charge on any atom is 0.511 e. The van der Waals surface area contributed by atoms with Crippen molar-refractivity contribution in [1.29, 1.82) is 0 Å². The van der Waals surface area contributed by atoms with E-state index in [1.54, 1.807) is 18.6 Å². The molecule has 1 fully saturated rings. The molecule has 2 heterocycles. The minimum Gasteiger partial charge on any atom is -0.449 e. The third-order valence-electron chi connectivity index (χ3n) is 5.70. The van der Waals surface area contributed by atoms with Gasteiger partial charge in [0.25, 0.3) is 0 Å². The van der Waals surface area contributed by atoms with Gasteiger partial charge in [-0.05, 0) is 43.7 Å². The van der Waals surface area contributed by atoms with Crippen LogP contribution < -0.4 is 9.64 Å². The number of carbonyl (C=O) groups excluding carboxylic acids is 1. The fourth-order valence-corrected chi connectivity index (χ4v) is 3.97. The lowest BCUT2D eigenvalue weighted by Crippen LogP contribution is -2.38. The number of carbonyl (C=O) groups is 2. The first-order valence-corrected chi connectivity index (χ1v) is 10.6. The molecular formula is C23H25N5O4. The number of amides is 1. The molecule has 1 amide bonds. The summed E-state index contributed by atoms with van der Waals surface area (Å²) in [5.41, 5.74) is 1.29. The molecule has 1 aromatic carbocycles. The fourth-order valence-electron chi connectivity index (χ4n) is 3.97. The summed E-state index contributed by atoms with van der Waals surface area (Å²) in [5.74, 6) is 0.447. The number of para-hydroxylation sites is 1. The number of aromatic nitrogens is 4. The van der Waals surface area contributed by atoms with E-state index in [1.165, 1.54) is 15.8 Å². The number of carboxylic acid groups (broad SMARTS) is 1. The van der Waals surface area contributed by atoms with Crippen LogP contribution in [0.4, 0.5) is 10.6 Å². The average Bonchev–Trinajstić information content (AvgIpc) is 3.21. The molecular weight excluding hydrogens is 410 g/mol. The molecule has 0 atom stereocenters. The van der Waals surface area contributed by atoms with Crippen molar-refractivity contribution in [2.45, 2.75) is 39.2 Å². The Bertz CT molecular complexity index is 1060. The van der Waals surface area contributed by atoms with E-state index in [9.17, 15) is 14.7 Å². The molecule has 0 radical (unpaired) electrons. The quantitative estimate of drug-likeness (QED) is 0.581. The van der Waals surface area contributed by atoms with Crippen molar-refractivity contribution in [2.75, 3.05) is 4.90 Å². The molecule has 166 valence electrons. The highest BCUT2D eigenvalue weighted by Crippen LogP contribution is 2.35. The summed E-state index contributed by atoms with van der Waals surface area (Å²) < 4.78 is 6.53. The number of hydrogen-bond donors (Lipinski definition) is 1. The Balaban J connectivity index is 1.74. The molecule has 32 heavy (non-hydrogen) atoms. The van der Waals surface area contributed by atoms with E-state index in [-0.39, 0.29) is 29.9 Å². The van der Waals surface area contributed by atoms with Gasteiger partial charge >= 0.3 is 6.16 Å². The van der Waals surface area contributed by atoms with Crippen molar-refractivity contribution >= 4 is 17.9 Å². The van der Waals surface area contributed by atoms with Gasteiger partial charge in [-0.15, -0.1) is 5.10 Å². The Labute approximate surface area is 185 Å². The Kier molecular flexibility index (Phi) is 6.44. The average molecular weight is 435 g/mol. The highest BCUT2D eigenvalue weighted by Gasteiger charge is 2.33. The van der Waals surface area contributed by atoms with Crippen LogP contribution in [-0.2, 0) is 11.3 Å². The molecule has 1 aliphatic carbocycles. The second-order valence-corrected chi connectivity index (χ2v) is 8.04. The van der Waals surface area contributed by atoms with E-state index in [4.69, 9.17) is 4.74 Å². The lowest BCUT2D eigenvalue weighted by atomic mass is 9.82. The van der Waals surface area contributed by atoms with E-state index in [0.29, 0.717) is 17.3 Å². The Morgan fingerprint density at radius 2 is 1.91 bits per heavy atom. The van der Waals surface area contributed by atoms with Gasteiger partial charge in [0.1, 0.15) is 0 Å². The molecule has 2 aromatic heterocycles. The molecule has 0 saturated heterocycles. The van der Waals surface area contributed by atoms with Crippen LogP contribution in [0.2, 0.25) is 0 Å². The third-order valence-corrected chi connectivity index (χ3v) is 5.70. The zero-order chi connectivity index (χ0) is 22.5. The predicted molar refractivity (Wildman–Crippen MR) is 117 cm³/mol. The second-order valence-electron chi connectivity index (χ2n) is 8.04. The first-order chi connectivity index (χ1) is 15.5. The number of ether oxygens (including phenoxy) is 1. The van der Waals surface area contributed by atoms with Crippen molar-refractivity contribution < 1.29 is 19.4 Å². The van der Waals surface area contributed by atoms with Crippen LogP contribution in [0.5, 0.6) is 5.75 Å². The van der Waals surface area contributed by atoms with Crippen LogP contribution in [0.3, 0.4) is 0 Å². The first-order valence-electron chi connectivity index (χ1n) is 10.6. The molecule has 1 saturated carbocycles.